The molecule has 2 aromatic carbocycles. The predicted octanol–water partition coefficient (Wildman–Crippen LogP) is 6.17. The largest absolute Gasteiger partial charge is 0.494 e. The van der Waals surface area contributed by atoms with Gasteiger partial charge in [0.05, 0.1) is 6.61 Å². The lowest BCUT2D eigenvalue weighted by Crippen LogP contribution is -2.12. The molecule has 130 valence electrons. The molecule has 3 rings (SSSR count). The standard InChI is InChI=1S/C24H28O/c1-3-19-7-13-22(14-8-19)23-15-9-20(10-16-23)5-6-21-11-17-24(18-12-21)25-4-2/h9-12,15-19,22H,3-4,7-8,13-14H2,1-2H3. The van der Waals surface area contributed by atoms with Crippen LogP contribution in [-0.2, 0) is 0 Å². The smallest absolute Gasteiger partial charge is 0.119 e. The van der Waals surface area contributed by atoms with Gasteiger partial charge in [0.15, 0.2) is 0 Å². The highest BCUT2D eigenvalue weighted by molar-refractivity contribution is 5.45. The fourth-order valence-electron chi connectivity index (χ4n) is 3.69. The third kappa shape index (κ3) is 4.89. The molecule has 0 amide bonds. The van der Waals surface area contributed by atoms with Gasteiger partial charge < -0.3 is 4.74 Å². The van der Waals surface area contributed by atoms with Crippen LogP contribution in [0.3, 0.4) is 0 Å². The van der Waals surface area contributed by atoms with Crippen molar-refractivity contribution in [3.05, 3.63) is 65.2 Å². The summed E-state index contributed by atoms with van der Waals surface area (Å²) in [7, 11) is 0. The first kappa shape index (κ1) is 17.6. The van der Waals surface area contributed by atoms with E-state index >= 15 is 0 Å². The maximum absolute atomic E-state index is 5.46. The van der Waals surface area contributed by atoms with Crippen LogP contribution in [0, 0.1) is 17.8 Å². The van der Waals surface area contributed by atoms with Gasteiger partial charge >= 0.3 is 0 Å². The minimum Gasteiger partial charge on any atom is -0.494 e. The van der Waals surface area contributed by atoms with Crippen LogP contribution < -0.4 is 4.74 Å². The van der Waals surface area contributed by atoms with Gasteiger partial charge in [-0.3, -0.25) is 0 Å². The number of ether oxygens (including phenoxy) is 1. The molecule has 1 heteroatoms. The Morgan fingerprint density at radius 1 is 0.800 bits per heavy atom. The first-order chi connectivity index (χ1) is 12.3. The Morgan fingerprint density at radius 2 is 1.36 bits per heavy atom. The molecule has 0 atom stereocenters. The summed E-state index contributed by atoms with van der Waals surface area (Å²) in [6.07, 6.45) is 6.80. The molecule has 25 heavy (non-hydrogen) atoms. The van der Waals surface area contributed by atoms with Crippen LogP contribution in [0.2, 0.25) is 0 Å². The Kier molecular flexibility index (Phi) is 6.18. The normalized spacial score (nSPS) is 19.8. The molecule has 0 unspecified atom stereocenters. The van der Waals surface area contributed by atoms with Gasteiger partial charge in [-0.15, -0.1) is 0 Å². The Bertz CT molecular complexity index is 707. The average molecular weight is 332 g/mol. The van der Waals surface area contributed by atoms with Crippen molar-refractivity contribution < 1.29 is 4.74 Å². The van der Waals surface area contributed by atoms with Gasteiger partial charge in [-0.2, -0.15) is 0 Å². The molecule has 0 bridgehead atoms. The van der Waals surface area contributed by atoms with Crippen molar-refractivity contribution in [2.45, 2.75) is 51.9 Å². The third-order valence-electron chi connectivity index (χ3n) is 5.32. The van der Waals surface area contributed by atoms with E-state index in [9.17, 15) is 0 Å². The van der Waals surface area contributed by atoms with Crippen molar-refractivity contribution in [3.63, 3.8) is 0 Å². The molecule has 1 aliphatic carbocycles. The molecule has 0 aliphatic heterocycles. The number of hydrogen-bond acceptors (Lipinski definition) is 1. The lowest BCUT2D eigenvalue weighted by molar-refractivity contribution is 0.319. The van der Waals surface area contributed by atoms with E-state index in [0.29, 0.717) is 6.61 Å². The molecule has 0 radical (unpaired) electrons. The highest BCUT2D eigenvalue weighted by atomic mass is 16.5. The van der Waals surface area contributed by atoms with Gasteiger partial charge in [-0.1, -0.05) is 37.3 Å². The van der Waals surface area contributed by atoms with Crippen molar-refractivity contribution in [2.75, 3.05) is 6.61 Å². The molecular formula is C24H28O. The highest BCUT2D eigenvalue weighted by Gasteiger charge is 2.20. The molecule has 0 N–H and O–H groups in total. The lowest BCUT2D eigenvalue weighted by atomic mass is 9.78. The summed E-state index contributed by atoms with van der Waals surface area (Å²) in [5.41, 5.74) is 3.59. The van der Waals surface area contributed by atoms with Crippen LogP contribution in [0.25, 0.3) is 0 Å². The van der Waals surface area contributed by atoms with Gasteiger partial charge in [-0.25, -0.2) is 0 Å². The zero-order valence-corrected chi connectivity index (χ0v) is 15.4. The topological polar surface area (TPSA) is 9.23 Å². The SMILES string of the molecule is CCOc1ccc(C#Cc2ccc(C3CCC(CC)CC3)cc2)cc1. The summed E-state index contributed by atoms with van der Waals surface area (Å²) >= 11 is 0. The number of hydrogen-bond donors (Lipinski definition) is 0. The molecule has 0 spiro atoms. The van der Waals surface area contributed by atoms with Crippen molar-refractivity contribution in [1.29, 1.82) is 0 Å². The van der Waals surface area contributed by atoms with E-state index in [2.05, 4.69) is 43.0 Å². The minimum absolute atomic E-state index is 0.692. The zero-order valence-electron chi connectivity index (χ0n) is 15.4. The maximum Gasteiger partial charge on any atom is 0.119 e. The van der Waals surface area contributed by atoms with Crippen LogP contribution in [0.1, 0.15) is 68.6 Å². The molecule has 1 saturated carbocycles. The number of rotatable bonds is 4. The second-order valence-corrected chi connectivity index (χ2v) is 6.96. The zero-order chi connectivity index (χ0) is 17.5. The Labute approximate surface area is 152 Å². The van der Waals surface area contributed by atoms with Crippen LogP contribution >= 0.6 is 0 Å². The monoisotopic (exact) mass is 332 g/mol. The summed E-state index contributed by atoms with van der Waals surface area (Å²) in [5.74, 6) is 9.10. The molecule has 1 aliphatic rings. The van der Waals surface area contributed by atoms with E-state index in [1.165, 1.54) is 37.7 Å². The predicted molar refractivity (Wildman–Crippen MR) is 105 cm³/mol. The lowest BCUT2D eigenvalue weighted by Gasteiger charge is -2.28. The van der Waals surface area contributed by atoms with Gasteiger partial charge in [0.1, 0.15) is 5.75 Å². The van der Waals surface area contributed by atoms with Crippen molar-refractivity contribution in [2.24, 2.45) is 5.92 Å². The van der Waals surface area contributed by atoms with Crippen molar-refractivity contribution in [3.8, 4) is 17.6 Å². The molecule has 1 fully saturated rings. The first-order valence-electron chi connectivity index (χ1n) is 9.63. The maximum atomic E-state index is 5.46. The van der Waals surface area contributed by atoms with E-state index < -0.39 is 0 Å². The van der Waals surface area contributed by atoms with Gasteiger partial charge in [0, 0.05) is 11.1 Å². The highest BCUT2D eigenvalue weighted by Crippen LogP contribution is 2.36. The Morgan fingerprint density at radius 3 is 1.88 bits per heavy atom. The average Bonchev–Trinajstić information content (AvgIpc) is 2.68. The summed E-state index contributed by atoms with van der Waals surface area (Å²) in [6, 6.07) is 16.9. The van der Waals surface area contributed by atoms with E-state index in [4.69, 9.17) is 4.74 Å². The van der Waals surface area contributed by atoms with Crippen LogP contribution in [0.15, 0.2) is 48.5 Å². The van der Waals surface area contributed by atoms with E-state index in [0.717, 1.165) is 28.7 Å². The summed E-state index contributed by atoms with van der Waals surface area (Å²) in [4.78, 5) is 0. The quantitative estimate of drug-likeness (QED) is 0.608. The second-order valence-electron chi connectivity index (χ2n) is 6.96. The molecular weight excluding hydrogens is 304 g/mol. The molecule has 1 nitrogen and oxygen atoms in total. The van der Waals surface area contributed by atoms with Crippen molar-refractivity contribution >= 4 is 0 Å². The van der Waals surface area contributed by atoms with E-state index in [1.807, 2.05) is 31.2 Å². The Hall–Kier alpha value is -2.20. The van der Waals surface area contributed by atoms with Crippen LogP contribution in [-0.4, -0.2) is 6.61 Å². The summed E-state index contributed by atoms with van der Waals surface area (Å²) < 4.78 is 5.46. The summed E-state index contributed by atoms with van der Waals surface area (Å²) in [5, 5.41) is 0. The fourth-order valence-corrected chi connectivity index (χ4v) is 3.69. The minimum atomic E-state index is 0.692. The second kappa shape index (κ2) is 8.77. The molecule has 2 aromatic rings. The first-order valence-corrected chi connectivity index (χ1v) is 9.63. The Balaban J connectivity index is 1.61. The summed E-state index contributed by atoms with van der Waals surface area (Å²) in [6.45, 7) is 5.01. The van der Waals surface area contributed by atoms with Crippen molar-refractivity contribution in [1.82, 2.24) is 0 Å². The molecule has 0 heterocycles. The fraction of sp³-hybridized carbons (Fsp3) is 0.417. The van der Waals surface area contributed by atoms with Crippen LogP contribution in [0.4, 0.5) is 0 Å². The third-order valence-corrected chi connectivity index (χ3v) is 5.32. The molecule has 0 saturated heterocycles. The van der Waals surface area contributed by atoms with Gasteiger partial charge in [0.25, 0.3) is 0 Å². The van der Waals surface area contributed by atoms with E-state index in [-0.39, 0.29) is 0 Å². The molecule has 0 aromatic heterocycles. The van der Waals surface area contributed by atoms with E-state index in [1.54, 1.807) is 0 Å². The van der Waals surface area contributed by atoms with Gasteiger partial charge in [-0.05, 0) is 86.4 Å². The van der Waals surface area contributed by atoms with Gasteiger partial charge in [0.2, 0.25) is 0 Å². The number of benzene rings is 2. The van der Waals surface area contributed by atoms with Crippen LogP contribution in [0.5, 0.6) is 5.75 Å².